The molecule has 0 saturated heterocycles. The van der Waals surface area contributed by atoms with E-state index in [0.29, 0.717) is 23.0 Å². The predicted molar refractivity (Wildman–Crippen MR) is 106 cm³/mol. The number of nitrogens with one attached hydrogen (secondary N) is 1. The summed E-state index contributed by atoms with van der Waals surface area (Å²) in [6, 6.07) is 9.99. The van der Waals surface area contributed by atoms with Gasteiger partial charge in [0.25, 0.3) is 11.5 Å². The van der Waals surface area contributed by atoms with Crippen molar-refractivity contribution in [1.29, 1.82) is 0 Å². The number of fused-ring (bicyclic) bond motifs is 1. The van der Waals surface area contributed by atoms with Gasteiger partial charge < -0.3 is 9.73 Å². The summed E-state index contributed by atoms with van der Waals surface area (Å²) < 4.78 is 6.87. The van der Waals surface area contributed by atoms with Gasteiger partial charge in [-0.05, 0) is 19.4 Å². The third-order valence-electron chi connectivity index (χ3n) is 4.39. The topological polar surface area (TPSA) is 89.5 Å². The van der Waals surface area contributed by atoms with Crippen molar-refractivity contribution in [1.82, 2.24) is 19.7 Å². The number of aromatic nitrogens is 3. The van der Waals surface area contributed by atoms with Crippen molar-refractivity contribution in [3.8, 4) is 0 Å². The van der Waals surface area contributed by atoms with Crippen molar-refractivity contribution in [3.63, 3.8) is 0 Å². The van der Waals surface area contributed by atoms with Gasteiger partial charge in [0.2, 0.25) is 5.89 Å². The van der Waals surface area contributed by atoms with Crippen molar-refractivity contribution >= 4 is 22.2 Å². The summed E-state index contributed by atoms with van der Waals surface area (Å²) in [7, 11) is 0. The highest BCUT2D eigenvalue weighted by molar-refractivity contribution is 7.17. The molecule has 1 N–H and O–H groups in total. The second-order valence-electron chi connectivity index (χ2n) is 6.42. The highest BCUT2D eigenvalue weighted by Gasteiger charge is 2.16. The molecule has 142 valence electrons. The van der Waals surface area contributed by atoms with Crippen molar-refractivity contribution < 1.29 is 9.21 Å². The third-order valence-corrected chi connectivity index (χ3v) is 5.39. The van der Waals surface area contributed by atoms with Gasteiger partial charge in [-0.25, -0.2) is 9.97 Å². The van der Waals surface area contributed by atoms with Crippen LogP contribution < -0.4 is 10.9 Å². The molecule has 0 bridgehead atoms. The Labute approximate surface area is 164 Å². The van der Waals surface area contributed by atoms with E-state index in [1.807, 2.05) is 44.2 Å². The zero-order valence-corrected chi connectivity index (χ0v) is 16.2. The molecule has 3 heterocycles. The van der Waals surface area contributed by atoms with E-state index in [1.165, 1.54) is 21.9 Å². The fourth-order valence-corrected chi connectivity index (χ4v) is 3.80. The van der Waals surface area contributed by atoms with E-state index in [9.17, 15) is 9.59 Å². The highest BCUT2D eigenvalue weighted by atomic mass is 32.1. The second kappa shape index (κ2) is 7.40. The minimum Gasteiger partial charge on any atom is -0.444 e. The van der Waals surface area contributed by atoms with Crippen LogP contribution in [0.2, 0.25) is 0 Å². The third kappa shape index (κ3) is 3.59. The molecule has 28 heavy (non-hydrogen) atoms. The lowest BCUT2D eigenvalue weighted by molar-refractivity contribution is 0.0945. The van der Waals surface area contributed by atoms with Crippen molar-refractivity contribution in [3.05, 3.63) is 86.4 Å². The standard InChI is InChI=1S/C20H18N4O3S/c1-12-13(2)27-17(23-12)10-21-18(25)16-9-22-20-24(19(16)26)11-15(28-20)8-14-6-4-3-5-7-14/h3-7,9,11H,8,10H2,1-2H3,(H,21,25). The number of carbonyl (C=O) groups is 1. The minimum absolute atomic E-state index is 0.0124. The zero-order chi connectivity index (χ0) is 19.7. The van der Waals surface area contributed by atoms with Gasteiger partial charge in [-0.15, -0.1) is 11.3 Å². The van der Waals surface area contributed by atoms with Gasteiger partial charge in [-0.2, -0.15) is 0 Å². The SMILES string of the molecule is Cc1nc(CNC(=O)c2cnc3sc(Cc4ccccc4)cn3c2=O)oc1C. The number of thiazole rings is 1. The summed E-state index contributed by atoms with van der Waals surface area (Å²) in [6.07, 6.45) is 3.78. The molecule has 0 fully saturated rings. The largest absolute Gasteiger partial charge is 0.444 e. The van der Waals surface area contributed by atoms with E-state index >= 15 is 0 Å². The maximum absolute atomic E-state index is 12.7. The lowest BCUT2D eigenvalue weighted by Crippen LogP contribution is -2.30. The molecule has 1 aromatic carbocycles. The molecule has 0 radical (unpaired) electrons. The first-order valence-electron chi connectivity index (χ1n) is 8.76. The van der Waals surface area contributed by atoms with E-state index in [1.54, 1.807) is 6.20 Å². The number of hydrogen-bond donors (Lipinski definition) is 1. The van der Waals surface area contributed by atoms with Crippen molar-refractivity contribution in [2.45, 2.75) is 26.8 Å². The molecule has 0 unspecified atom stereocenters. The zero-order valence-electron chi connectivity index (χ0n) is 15.4. The average molecular weight is 394 g/mol. The second-order valence-corrected chi connectivity index (χ2v) is 7.51. The Morgan fingerprint density at radius 2 is 2.04 bits per heavy atom. The number of amides is 1. The van der Waals surface area contributed by atoms with Crippen LogP contribution in [0.1, 0.15) is 38.1 Å². The molecular formula is C20H18N4O3S. The van der Waals surface area contributed by atoms with E-state index in [0.717, 1.165) is 16.1 Å². The van der Waals surface area contributed by atoms with Crippen LogP contribution in [0, 0.1) is 13.8 Å². The molecule has 8 heteroatoms. The number of hydrogen-bond acceptors (Lipinski definition) is 6. The summed E-state index contributed by atoms with van der Waals surface area (Å²) in [5, 5.41) is 2.66. The minimum atomic E-state index is -0.504. The molecule has 4 rings (SSSR count). The molecule has 0 aliphatic rings. The van der Waals surface area contributed by atoms with Crippen LogP contribution in [-0.4, -0.2) is 20.3 Å². The number of oxazole rings is 1. The Hall–Kier alpha value is -3.26. The number of rotatable bonds is 5. The summed E-state index contributed by atoms with van der Waals surface area (Å²) in [5.74, 6) is 0.603. The van der Waals surface area contributed by atoms with E-state index in [2.05, 4.69) is 15.3 Å². The molecular weight excluding hydrogens is 376 g/mol. The Balaban J connectivity index is 1.55. The molecule has 1 amide bonds. The Morgan fingerprint density at radius 3 is 2.75 bits per heavy atom. The number of nitrogens with zero attached hydrogens (tertiary/aromatic N) is 3. The van der Waals surface area contributed by atoms with Crippen LogP contribution in [0.25, 0.3) is 4.96 Å². The molecule has 0 atom stereocenters. The highest BCUT2D eigenvalue weighted by Crippen LogP contribution is 2.18. The molecule has 0 aliphatic carbocycles. The first-order valence-corrected chi connectivity index (χ1v) is 9.58. The van der Waals surface area contributed by atoms with Gasteiger partial charge in [0.1, 0.15) is 11.3 Å². The maximum atomic E-state index is 12.7. The van der Waals surface area contributed by atoms with E-state index < -0.39 is 11.5 Å². The van der Waals surface area contributed by atoms with Crippen LogP contribution in [0.3, 0.4) is 0 Å². The molecule has 0 spiro atoms. The number of aryl methyl sites for hydroxylation is 2. The molecule has 0 saturated carbocycles. The van der Waals surface area contributed by atoms with Gasteiger partial charge in [0.15, 0.2) is 4.96 Å². The summed E-state index contributed by atoms with van der Waals surface area (Å²) in [5.41, 5.74) is 1.52. The quantitative estimate of drug-likeness (QED) is 0.562. The monoisotopic (exact) mass is 394 g/mol. The van der Waals surface area contributed by atoms with Crippen LogP contribution in [-0.2, 0) is 13.0 Å². The van der Waals surface area contributed by atoms with Gasteiger partial charge in [0, 0.05) is 23.7 Å². The number of benzene rings is 1. The Morgan fingerprint density at radius 1 is 1.25 bits per heavy atom. The Bertz CT molecular complexity index is 1190. The van der Waals surface area contributed by atoms with E-state index in [-0.39, 0.29) is 12.1 Å². The van der Waals surface area contributed by atoms with Crippen molar-refractivity contribution in [2.24, 2.45) is 0 Å². The lowest BCUT2D eigenvalue weighted by Gasteiger charge is -2.02. The smallest absolute Gasteiger partial charge is 0.271 e. The van der Waals surface area contributed by atoms with Crippen LogP contribution in [0.15, 0.2) is 51.9 Å². The number of carbonyl (C=O) groups excluding carboxylic acids is 1. The molecule has 3 aromatic heterocycles. The predicted octanol–water partition coefficient (Wildman–Crippen LogP) is 2.88. The van der Waals surface area contributed by atoms with Crippen molar-refractivity contribution in [2.75, 3.05) is 0 Å². The fourth-order valence-electron chi connectivity index (χ4n) is 2.83. The van der Waals surface area contributed by atoms with Gasteiger partial charge in [-0.1, -0.05) is 30.3 Å². The maximum Gasteiger partial charge on any atom is 0.271 e. The average Bonchev–Trinajstić information content (AvgIpc) is 3.24. The normalized spacial score (nSPS) is 11.1. The first kappa shape index (κ1) is 18.1. The molecule has 0 aliphatic heterocycles. The summed E-state index contributed by atoms with van der Waals surface area (Å²) in [4.78, 5) is 35.2. The van der Waals surface area contributed by atoms with Crippen LogP contribution >= 0.6 is 11.3 Å². The molecule has 4 aromatic rings. The summed E-state index contributed by atoms with van der Waals surface area (Å²) in [6.45, 7) is 3.75. The van der Waals surface area contributed by atoms with Crippen LogP contribution in [0.5, 0.6) is 0 Å². The van der Waals surface area contributed by atoms with Gasteiger partial charge in [0.05, 0.1) is 12.2 Å². The van der Waals surface area contributed by atoms with Gasteiger partial charge >= 0.3 is 0 Å². The van der Waals surface area contributed by atoms with Crippen LogP contribution in [0.4, 0.5) is 0 Å². The first-order chi connectivity index (χ1) is 13.5. The Kier molecular flexibility index (Phi) is 4.79. The molecule has 7 nitrogen and oxygen atoms in total. The summed E-state index contributed by atoms with van der Waals surface area (Å²) >= 11 is 1.44. The van der Waals surface area contributed by atoms with E-state index in [4.69, 9.17) is 4.42 Å². The van der Waals surface area contributed by atoms with Gasteiger partial charge in [-0.3, -0.25) is 14.0 Å². The lowest BCUT2D eigenvalue weighted by atomic mass is 10.1. The fraction of sp³-hybridized carbons (Fsp3) is 0.200.